The van der Waals surface area contributed by atoms with Crippen LogP contribution in [-0.4, -0.2) is 31.5 Å². The lowest BCUT2D eigenvalue weighted by atomic mass is 10.0. The minimum absolute atomic E-state index is 0.132. The maximum Gasteiger partial charge on any atom is 0.480 e. The lowest BCUT2D eigenvalue weighted by Crippen LogP contribution is -2.31. The first-order valence-corrected chi connectivity index (χ1v) is 9.08. The molecule has 0 unspecified atom stereocenters. The molecule has 11 heteroatoms. The van der Waals surface area contributed by atoms with Crippen molar-refractivity contribution in [2.45, 2.75) is 40.4 Å². The highest BCUT2D eigenvalue weighted by atomic mass is 127. The van der Waals surface area contributed by atoms with Gasteiger partial charge in [-0.2, -0.15) is 13.2 Å². The quantitative estimate of drug-likeness (QED) is 0.518. The van der Waals surface area contributed by atoms with Crippen molar-refractivity contribution in [1.82, 2.24) is 0 Å². The van der Waals surface area contributed by atoms with Gasteiger partial charge in [0.05, 0.1) is 10.0 Å². The highest BCUT2D eigenvalue weighted by Gasteiger charge is 2.41. The second kappa shape index (κ2) is 5.40. The van der Waals surface area contributed by atoms with E-state index in [1.54, 1.807) is 0 Å². The Kier molecular flexibility index (Phi) is 4.93. The predicted octanol–water partition coefficient (Wildman–Crippen LogP) is 2.29. The molecule has 0 amide bonds. The molecule has 1 saturated carbocycles. The molecule has 18 heavy (non-hydrogen) atoms. The molecule has 0 saturated heterocycles. The smallest absolute Gasteiger partial charge is 0.428 e. The maximum absolute atomic E-state index is 12.0. The Morgan fingerprint density at radius 1 is 1.00 bits per heavy atom. The summed E-state index contributed by atoms with van der Waals surface area (Å²) in [6.45, 7) is 0. The van der Waals surface area contributed by atoms with Crippen molar-refractivity contribution in [3.8, 4) is 0 Å². The van der Waals surface area contributed by atoms with Crippen LogP contribution in [-0.2, 0) is 20.0 Å². The minimum atomic E-state index is -5.98. The zero-order valence-electron chi connectivity index (χ0n) is 8.89. The lowest BCUT2D eigenvalue weighted by Gasteiger charge is -2.31. The summed E-state index contributed by atoms with van der Waals surface area (Å²) < 4.78 is 82.9. The zero-order chi connectivity index (χ0) is 14.2. The van der Waals surface area contributed by atoms with Gasteiger partial charge >= 0.3 is 5.51 Å². The third-order valence-corrected chi connectivity index (χ3v) is 7.28. The summed E-state index contributed by atoms with van der Waals surface area (Å²) in [5.41, 5.74) is -5.68. The van der Waals surface area contributed by atoms with Crippen LogP contribution in [0.25, 0.3) is 4.13 Å². The summed E-state index contributed by atoms with van der Waals surface area (Å²) in [4.78, 5) is 0. The summed E-state index contributed by atoms with van der Waals surface area (Å²) in [5, 5.41) is -1.14. The Hall–Kier alpha value is 0.380. The predicted molar refractivity (Wildman–Crippen MR) is 67.3 cm³/mol. The molecular weight excluding hydrogens is 410 g/mol. The molecule has 0 N–H and O–H groups in total. The molecule has 108 valence electrons. The van der Waals surface area contributed by atoms with E-state index >= 15 is 0 Å². The van der Waals surface area contributed by atoms with E-state index in [1.165, 1.54) is 0 Å². The van der Waals surface area contributed by atoms with E-state index in [0.717, 1.165) is 0 Å². The van der Waals surface area contributed by atoms with E-state index in [0.29, 0.717) is 12.8 Å². The molecule has 0 aromatic carbocycles. The molecule has 5 nitrogen and oxygen atoms in total. The number of alkyl halides is 4. The van der Waals surface area contributed by atoms with Crippen LogP contribution in [0, 0.1) is 0 Å². The van der Waals surface area contributed by atoms with Crippen LogP contribution < -0.4 is 0 Å². The molecule has 0 aromatic rings. The van der Waals surface area contributed by atoms with Gasteiger partial charge in [-0.3, -0.25) is 0 Å². The second-order valence-corrected chi connectivity index (χ2v) is 9.35. The second-order valence-electron chi connectivity index (χ2n) is 3.88. The largest absolute Gasteiger partial charge is 0.480 e. The van der Waals surface area contributed by atoms with Crippen molar-refractivity contribution in [3.63, 3.8) is 0 Å². The highest BCUT2D eigenvalue weighted by Crippen LogP contribution is 2.35. The average molecular weight is 420 g/mol. The number of rotatable bonds is 3. The van der Waals surface area contributed by atoms with Crippen LogP contribution >= 0.6 is 22.6 Å². The monoisotopic (exact) mass is 420 g/mol. The number of halogens is 4. The first kappa shape index (κ1) is 16.4. The molecule has 1 aliphatic rings. The van der Waals surface area contributed by atoms with Crippen LogP contribution in [0.2, 0.25) is 0 Å². The number of nitrogens with zero attached hydrogens (tertiary/aromatic N) is 1. The first-order chi connectivity index (χ1) is 7.96. The Morgan fingerprint density at radius 3 is 1.83 bits per heavy atom. The molecule has 0 spiro atoms. The highest BCUT2D eigenvalue weighted by molar-refractivity contribution is 14.1. The van der Waals surface area contributed by atoms with Crippen molar-refractivity contribution >= 4 is 42.6 Å². The van der Waals surface area contributed by atoms with Crippen molar-refractivity contribution in [3.05, 3.63) is 4.13 Å². The van der Waals surface area contributed by atoms with E-state index in [2.05, 4.69) is 26.7 Å². The Balaban J connectivity index is 2.84. The molecule has 1 rings (SSSR count). The van der Waals surface area contributed by atoms with E-state index in [9.17, 15) is 30.0 Å². The first-order valence-electron chi connectivity index (χ1n) is 4.89. The summed E-state index contributed by atoms with van der Waals surface area (Å²) in [7, 11) is -10.6. The standard InChI is InChI=1S/C7H10F3INO4S2/c8-7(9,10)18(15,16)12-17(13,14)6-3-1-5(11)2-4-6/h5-6H,1-4H2/q-1. The van der Waals surface area contributed by atoms with Gasteiger partial charge in [0.1, 0.15) is 0 Å². The van der Waals surface area contributed by atoms with Gasteiger partial charge in [0.25, 0.3) is 0 Å². The van der Waals surface area contributed by atoms with Gasteiger partial charge < -0.3 is 4.13 Å². The summed E-state index contributed by atoms with van der Waals surface area (Å²) in [6, 6.07) is 0. The fourth-order valence-electron chi connectivity index (χ4n) is 1.56. The van der Waals surface area contributed by atoms with Crippen molar-refractivity contribution < 1.29 is 30.0 Å². The Labute approximate surface area is 117 Å². The van der Waals surface area contributed by atoms with E-state index in [-0.39, 0.29) is 16.8 Å². The number of sulfonamides is 2. The fourth-order valence-corrected chi connectivity index (χ4v) is 5.07. The molecule has 1 aliphatic carbocycles. The normalized spacial score (nSPS) is 27.1. The molecular formula is C7H10F3INO4S2-. The fraction of sp³-hybridized carbons (Fsp3) is 1.00. The molecule has 0 atom stereocenters. The molecule has 0 aromatic heterocycles. The lowest BCUT2D eigenvalue weighted by molar-refractivity contribution is -0.0425. The topological polar surface area (TPSA) is 82.4 Å². The van der Waals surface area contributed by atoms with E-state index < -0.39 is 30.8 Å². The minimum Gasteiger partial charge on any atom is -0.428 e. The molecule has 0 heterocycles. The van der Waals surface area contributed by atoms with Crippen LogP contribution in [0.15, 0.2) is 0 Å². The van der Waals surface area contributed by atoms with Crippen molar-refractivity contribution in [2.75, 3.05) is 0 Å². The van der Waals surface area contributed by atoms with Crippen LogP contribution in [0.3, 0.4) is 0 Å². The van der Waals surface area contributed by atoms with Gasteiger partial charge in [-0.15, -0.1) is 0 Å². The summed E-state index contributed by atoms with van der Waals surface area (Å²) >= 11 is 2.11. The number of hydrogen-bond donors (Lipinski definition) is 0. The van der Waals surface area contributed by atoms with Gasteiger partial charge in [-0.25, -0.2) is 16.8 Å². The molecule has 0 aliphatic heterocycles. The maximum atomic E-state index is 12.0. The molecule has 0 radical (unpaired) electrons. The molecule has 1 fully saturated rings. The van der Waals surface area contributed by atoms with Gasteiger partial charge in [0.15, 0.2) is 10.0 Å². The number of hydrogen-bond acceptors (Lipinski definition) is 4. The SMILES string of the molecule is O=S(=O)([N-]S(=O)(=O)C(F)(F)F)C1CCC(I)CC1. The molecule has 0 bridgehead atoms. The van der Waals surface area contributed by atoms with Crippen molar-refractivity contribution in [1.29, 1.82) is 0 Å². The third kappa shape index (κ3) is 3.93. The van der Waals surface area contributed by atoms with Crippen LogP contribution in [0.5, 0.6) is 0 Å². The summed E-state index contributed by atoms with van der Waals surface area (Å²) in [6.07, 6.45) is 1.30. The third-order valence-electron chi connectivity index (χ3n) is 2.52. The van der Waals surface area contributed by atoms with E-state index in [4.69, 9.17) is 0 Å². The average Bonchev–Trinajstić information content (AvgIpc) is 2.14. The zero-order valence-corrected chi connectivity index (χ0v) is 12.7. The van der Waals surface area contributed by atoms with Crippen LogP contribution in [0.4, 0.5) is 13.2 Å². The Bertz CT molecular complexity index is 493. The van der Waals surface area contributed by atoms with Gasteiger partial charge in [0, 0.05) is 9.17 Å². The Morgan fingerprint density at radius 2 is 1.44 bits per heavy atom. The van der Waals surface area contributed by atoms with Gasteiger partial charge in [-0.05, 0) is 25.7 Å². The van der Waals surface area contributed by atoms with E-state index in [1.807, 2.05) is 0 Å². The van der Waals surface area contributed by atoms with Gasteiger partial charge in [-0.1, -0.05) is 22.6 Å². The van der Waals surface area contributed by atoms with Crippen molar-refractivity contribution in [2.24, 2.45) is 0 Å². The summed E-state index contributed by atoms with van der Waals surface area (Å²) in [5.74, 6) is 0. The van der Waals surface area contributed by atoms with Gasteiger partial charge in [0.2, 0.25) is 0 Å². The van der Waals surface area contributed by atoms with Crippen LogP contribution in [0.1, 0.15) is 25.7 Å².